The van der Waals surface area contributed by atoms with Gasteiger partial charge < -0.3 is 16.2 Å². The minimum atomic E-state index is -0.268. The molecule has 4 nitrogen and oxygen atoms in total. The lowest BCUT2D eigenvalue weighted by Gasteiger charge is -2.08. The number of anilines is 2. The highest BCUT2D eigenvalue weighted by Gasteiger charge is 2.08. The molecule has 0 saturated carbocycles. The lowest BCUT2D eigenvalue weighted by atomic mass is 10.1. The molecule has 0 saturated heterocycles. The highest BCUT2D eigenvalue weighted by Crippen LogP contribution is 2.25. The first-order chi connectivity index (χ1) is 8.56. The monoisotopic (exact) mass is 242 g/mol. The number of carbonyl (C=O) groups excluding carboxylic acids is 1. The van der Waals surface area contributed by atoms with Crippen LogP contribution in [0.4, 0.5) is 11.4 Å². The Hall–Kier alpha value is -2.49. The van der Waals surface area contributed by atoms with Crippen LogP contribution in [0.5, 0.6) is 5.75 Å². The number of nitrogens with one attached hydrogen (secondary N) is 1. The molecule has 2 aromatic rings. The second kappa shape index (κ2) is 4.79. The van der Waals surface area contributed by atoms with Crippen molar-refractivity contribution in [3.05, 3.63) is 53.6 Å². The molecule has 4 heteroatoms. The summed E-state index contributed by atoms with van der Waals surface area (Å²) in [6.07, 6.45) is 0. The Bertz CT molecular complexity index is 577. The van der Waals surface area contributed by atoms with Crippen LogP contribution in [0.1, 0.15) is 15.9 Å². The second-order valence-electron chi connectivity index (χ2n) is 4.10. The maximum absolute atomic E-state index is 11.9. The smallest absolute Gasteiger partial charge is 0.255 e. The lowest BCUT2D eigenvalue weighted by molar-refractivity contribution is 0.102. The van der Waals surface area contributed by atoms with E-state index in [2.05, 4.69) is 5.32 Å². The minimum absolute atomic E-state index is 0.0459. The molecule has 0 unspecified atom stereocenters. The van der Waals surface area contributed by atoms with Crippen LogP contribution >= 0.6 is 0 Å². The summed E-state index contributed by atoms with van der Waals surface area (Å²) in [4.78, 5) is 11.9. The molecule has 0 heterocycles. The first kappa shape index (κ1) is 12.0. The van der Waals surface area contributed by atoms with Crippen molar-refractivity contribution in [2.24, 2.45) is 0 Å². The molecule has 1 amide bonds. The quantitative estimate of drug-likeness (QED) is 0.559. The largest absolute Gasteiger partial charge is 0.506 e. The molecule has 2 aromatic carbocycles. The van der Waals surface area contributed by atoms with Crippen LogP contribution in [0.3, 0.4) is 0 Å². The van der Waals surface area contributed by atoms with E-state index in [-0.39, 0.29) is 11.7 Å². The zero-order chi connectivity index (χ0) is 13.1. The van der Waals surface area contributed by atoms with Gasteiger partial charge in [0.1, 0.15) is 5.75 Å². The summed E-state index contributed by atoms with van der Waals surface area (Å²) < 4.78 is 0. The van der Waals surface area contributed by atoms with Crippen molar-refractivity contribution < 1.29 is 9.90 Å². The molecular formula is C14H14N2O2. The molecule has 0 spiro atoms. The van der Waals surface area contributed by atoms with Gasteiger partial charge in [-0.05, 0) is 31.2 Å². The molecule has 0 fully saturated rings. The van der Waals surface area contributed by atoms with Crippen molar-refractivity contribution in [2.75, 3.05) is 11.1 Å². The molecule has 92 valence electrons. The zero-order valence-electron chi connectivity index (χ0n) is 9.97. The number of amides is 1. The SMILES string of the molecule is Cc1ccc(C(=O)Nc2ccc(N)cc2O)cc1. The van der Waals surface area contributed by atoms with E-state index >= 15 is 0 Å². The van der Waals surface area contributed by atoms with E-state index in [1.165, 1.54) is 6.07 Å². The average Bonchev–Trinajstić information content (AvgIpc) is 2.33. The number of carbonyl (C=O) groups is 1. The lowest BCUT2D eigenvalue weighted by Crippen LogP contribution is -2.11. The molecule has 0 aromatic heterocycles. The van der Waals surface area contributed by atoms with E-state index in [9.17, 15) is 9.90 Å². The van der Waals surface area contributed by atoms with Crippen molar-refractivity contribution in [2.45, 2.75) is 6.92 Å². The maximum Gasteiger partial charge on any atom is 0.255 e. The number of nitrogen functional groups attached to an aromatic ring is 1. The van der Waals surface area contributed by atoms with Crippen molar-refractivity contribution in [1.82, 2.24) is 0 Å². The first-order valence-corrected chi connectivity index (χ1v) is 5.53. The molecular weight excluding hydrogens is 228 g/mol. The molecule has 0 aliphatic rings. The van der Waals surface area contributed by atoms with Gasteiger partial charge >= 0.3 is 0 Å². The topological polar surface area (TPSA) is 75.4 Å². The Morgan fingerprint density at radius 2 is 1.83 bits per heavy atom. The maximum atomic E-state index is 11.9. The fourth-order valence-electron chi connectivity index (χ4n) is 1.55. The number of aryl methyl sites for hydroxylation is 1. The van der Waals surface area contributed by atoms with Gasteiger partial charge in [-0.25, -0.2) is 0 Å². The number of rotatable bonds is 2. The van der Waals surface area contributed by atoms with Crippen molar-refractivity contribution in [3.8, 4) is 5.75 Å². The Kier molecular flexibility index (Phi) is 3.19. The van der Waals surface area contributed by atoms with Gasteiger partial charge in [-0.1, -0.05) is 17.7 Å². The number of benzene rings is 2. The molecule has 0 aliphatic heterocycles. The summed E-state index contributed by atoms with van der Waals surface area (Å²) in [5.41, 5.74) is 7.92. The standard InChI is InChI=1S/C14H14N2O2/c1-9-2-4-10(5-3-9)14(18)16-12-7-6-11(15)8-13(12)17/h2-8,17H,15H2,1H3,(H,16,18). The molecule has 2 rings (SSSR count). The molecule has 18 heavy (non-hydrogen) atoms. The van der Waals surface area contributed by atoms with E-state index in [0.717, 1.165) is 5.56 Å². The number of phenolic OH excluding ortho intramolecular Hbond substituents is 1. The number of aromatic hydroxyl groups is 1. The molecule has 0 aliphatic carbocycles. The van der Waals surface area contributed by atoms with E-state index < -0.39 is 0 Å². The summed E-state index contributed by atoms with van der Waals surface area (Å²) >= 11 is 0. The van der Waals surface area contributed by atoms with Crippen LogP contribution in [0.2, 0.25) is 0 Å². The summed E-state index contributed by atoms with van der Waals surface area (Å²) in [6.45, 7) is 1.95. The molecule has 4 N–H and O–H groups in total. The average molecular weight is 242 g/mol. The summed E-state index contributed by atoms with van der Waals surface area (Å²) in [5.74, 6) is -0.314. The van der Waals surface area contributed by atoms with Crippen LogP contribution in [-0.2, 0) is 0 Å². The van der Waals surface area contributed by atoms with Gasteiger partial charge in [-0.15, -0.1) is 0 Å². The summed E-state index contributed by atoms with van der Waals surface area (Å²) in [5, 5.41) is 12.3. The number of phenols is 1. The zero-order valence-corrected chi connectivity index (χ0v) is 9.97. The van der Waals surface area contributed by atoms with E-state index in [1.54, 1.807) is 24.3 Å². The van der Waals surface area contributed by atoms with Crippen LogP contribution in [-0.4, -0.2) is 11.0 Å². The predicted molar refractivity (Wildman–Crippen MR) is 71.7 cm³/mol. The number of hydrogen-bond acceptors (Lipinski definition) is 3. The molecule has 0 radical (unpaired) electrons. The minimum Gasteiger partial charge on any atom is -0.506 e. The summed E-state index contributed by atoms with van der Waals surface area (Å²) in [6, 6.07) is 11.8. The van der Waals surface area contributed by atoms with E-state index in [0.29, 0.717) is 16.9 Å². The van der Waals surface area contributed by atoms with Crippen molar-refractivity contribution in [1.29, 1.82) is 0 Å². The molecule has 0 bridgehead atoms. The third-order valence-corrected chi connectivity index (χ3v) is 2.58. The number of hydrogen-bond donors (Lipinski definition) is 3. The highest BCUT2D eigenvalue weighted by atomic mass is 16.3. The van der Waals surface area contributed by atoms with E-state index in [1.807, 2.05) is 19.1 Å². The van der Waals surface area contributed by atoms with Gasteiger partial charge in [0.25, 0.3) is 5.91 Å². The first-order valence-electron chi connectivity index (χ1n) is 5.53. The van der Waals surface area contributed by atoms with Gasteiger partial charge in [0.15, 0.2) is 0 Å². The van der Waals surface area contributed by atoms with Crippen LogP contribution < -0.4 is 11.1 Å². The van der Waals surface area contributed by atoms with Crippen LogP contribution in [0.15, 0.2) is 42.5 Å². The highest BCUT2D eigenvalue weighted by molar-refractivity contribution is 6.05. The van der Waals surface area contributed by atoms with Gasteiger partial charge in [0, 0.05) is 17.3 Å². The predicted octanol–water partition coefficient (Wildman–Crippen LogP) is 2.54. The Labute approximate surface area is 105 Å². The third kappa shape index (κ3) is 2.60. The van der Waals surface area contributed by atoms with Crippen molar-refractivity contribution in [3.63, 3.8) is 0 Å². The van der Waals surface area contributed by atoms with Gasteiger partial charge in [-0.3, -0.25) is 4.79 Å². The normalized spacial score (nSPS) is 10.1. The second-order valence-corrected chi connectivity index (χ2v) is 4.10. The van der Waals surface area contributed by atoms with E-state index in [4.69, 9.17) is 5.73 Å². The third-order valence-electron chi connectivity index (χ3n) is 2.58. The Balaban J connectivity index is 2.18. The Morgan fingerprint density at radius 3 is 2.44 bits per heavy atom. The molecule has 0 atom stereocenters. The van der Waals surface area contributed by atoms with Gasteiger partial charge in [0.2, 0.25) is 0 Å². The van der Waals surface area contributed by atoms with Crippen molar-refractivity contribution >= 4 is 17.3 Å². The van der Waals surface area contributed by atoms with Crippen LogP contribution in [0.25, 0.3) is 0 Å². The fraction of sp³-hybridized carbons (Fsp3) is 0.0714. The van der Waals surface area contributed by atoms with Gasteiger partial charge in [-0.2, -0.15) is 0 Å². The fourth-order valence-corrected chi connectivity index (χ4v) is 1.55. The number of nitrogens with two attached hydrogens (primary N) is 1. The summed E-state index contributed by atoms with van der Waals surface area (Å²) in [7, 11) is 0. The Morgan fingerprint density at radius 1 is 1.17 bits per heavy atom. The van der Waals surface area contributed by atoms with Gasteiger partial charge in [0.05, 0.1) is 5.69 Å². The van der Waals surface area contributed by atoms with Crippen LogP contribution in [0, 0.1) is 6.92 Å².